The Kier molecular flexibility index (Phi) is 4.36. The van der Waals surface area contributed by atoms with Crippen LogP contribution in [0.5, 0.6) is 0 Å². The Morgan fingerprint density at radius 3 is 1.58 bits per heavy atom. The highest BCUT2D eigenvalue weighted by Gasteiger charge is 2.12. The maximum atomic E-state index is 9.19. The molecule has 0 aromatic heterocycles. The van der Waals surface area contributed by atoms with Crippen molar-refractivity contribution in [3.05, 3.63) is 133 Å². The molecule has 8 aromatic carbocycles. The van der Waals surface area contributed by atoms with Crippen LogP contribution in [-0.4, -0.2) is 0 Å². The largest absolute Gasteiger partial charge is 0.192 e. The lowest BCUT2D eigenvalue weighted by Crippen LogP contribution is -1.87. The minimum Gasteiger partial charge on any atom is -0.192 e. The lowest BCUT2D eigenvalue weighted by Gasteiger charge is -2.14. The van der Waals surface area contributed by atoms with E-state index in [4.69, 9.17) is 0 Å². The molecule has 0 saturated carbocycles. The van der Waals surface area contributed by atoms with E-state index in [0.29, 0.717) is 5.56 Å². The van der Waals surface area contributed by atoms with Crippen LogP contribution in [0.3, 0.4) is 0 Å². The van der Waals surface area contributed by atoms with Crippen LogP contribution in [-0.2, 0) is 0 Å². The Hall–Kier alpha value is -5.19. The maximum absolute atomic E-state index is 9.19. The van der Waals surface area contributed by atoms with Crippen molar-refractivity contribution in [2.75, 3.05) is 0 Å². The van der Waals surface area contributed by atoms with Gasteiger partial charge in [0.05, 0.1) is 11.6 Å². The lowest BCUT2D eigenvalue weighted by atomic mass is 9.89. The maximum Gasteiger partial charge on any atom is 0.0991 e. The average molecular weight is 480 g/mol. The Morgan fingerprint density at radius 2 is 0.895 bits per heavy atom. The van der Waals surface area contributed by atoms with Gasteiger partial charge in [-0.3, -0.25) is 0 Å². The first-order chi connectivity index (χ1) is 18.7. The van der Waals surface area contributed by atoms with Gasteiger partial charge in [-0.2, -0.15) is 5.26 Å². The fourth-order valence-electron chi connectivity index (χ4n) is 6.07. The number of hydrogen-bond acceptors (Lipinski definition) is 1. The van der Waals surface area contributed by atoms with E-state index in [-0.39, 0.29) is 0 Å². The van der Waals surface area contributed by atoms with Crippen molar-refractivity contribution >= 4 is 53.9 Å². The molecule has 174 valence electrons. The van der Waals surface area contributed by atoms with E-state index in [1.54, 1.807) is 0 Å². The number of nitriles is 1. The topological polar surface area (TPSA) is 23.8 Å². The summed E-state index contributed by atoms with van der Waals surface area (Å²) in [5.41, 5.74) is 5.57. The molecule has 8 aromatic rings. The highest BCUT2D eigenvalue weighted by atomic mass is 14.2. The highest BCUT2D eigenvalue weighted by molar-refractivity contribution is 6.25. The van der Waals surface area contributed by atoms with Gasteiger partial charge in [-0.25, -0.2) is 0 Å². The Morgan fingerprint density at radius 1 is 0.395 bits per heavy atom. The molecule has 0 N–H and O–H groups in total. The predicted molar refractivity (Wildman–Crippen MR) is 161 cm³/mol. The van der Waals surface area contributed by atoms with Gasteiger partial charge in [-0.15, -0.1) is 0 Å². The van der Waals surface area contributed by atoms with E-state index in [1.165, 1.54) is 65.3 Å². The number of fused-ring (bicyclic) bond motifs is 2. The summed E-state index contributed by atoms with van der Waals surface area (Å²) in [7, 11) is 0. The molecule has 8 rings (SSSR count). The molecule has 1 nitrogen and oxygen atoms in total. The molecule has 38 heavy (non-hydrogen) atoms. The Labute approximate surface area is 220 Å². The van der Waals surface area contributed by atoms with Crippen LogP contribution in [0, 0.1) is 11.3 Å². The van der Waals surface area contributed by atoms with E-state index in [9.17, 15) is 5.26 Å². The molecule has 0 amide bonds. The molecule has 0 atom stereocenters. The van der Waals surface area contributed by atoms with E-state index in [1.807, 2.05) is 18.2 Å². The summed E-state index contributed by atoms with van der Waals surface area (Å²) in [6.45, 7) is 0. The van der Waals surface area contributed by atoms with Crippen molar-refractivity contribution in [2.45, 2.75) is 0 Å². The van der Waals surface area contributed by atoms with Crippen LogP contribution < -0.4 is 0 Å². The van der Waals surface area contributed by atoms with Gasteiger partial charge in [0.1, 0.15) is 0 Å². The quantitative estimate of drug-likeness (QED) is 0.226. The van der Waals surface area contributed by atoms with Crippen molar-refractivity contribution < 1.29 is 0 Å². The molecule has 0 saturated heterocycles. The first-order valence-corrected chi connectivity index (χ1v) is 12.9. The number of rotatable bonds is 2. The van der Waals surface area contributed by atoms with Crippen LogP contribution in [0.2, 0.25) is 0 Å². The van der Waals surface area contributed by atoms with Gasteiger partial charge in [0, 0.05) is 0 Å². The summed E-state index contributed by atoms with van der Waals surface area (Å²) in [6, 6.07) is 48.2. The summed E-state index contributed by atoms with van der Waals surface area (Å²) in [6.07, 6.45) is 0. The van der Waals surface area contributed by atoms with E-state index in [0.717, 1.165) is 10.8 Å². The van der Waals surface area contributed by atoms with E-state index >= 15 is 0 Å². The summed E-state index contributed by atoms with van der Waals surface area (Å²) in [5, 5.41) is 21.8. The zero-order chi connectivity index (χ0) is 25.2. The van der Waals surface area contributed by atoms with Crippen molar-refractivity contribution in [2.24, 2.45) is 0 Å². The summed E-state index contributed by atoms with van der Waals surface area (Å²) in [4.78, 5) is 0. The van der Waals surface area contributed by atoms with Gasteiger partial charge in [0.25, 0.3) is 0 Å². The first-order valence-electron chi connectivity index (χ1n) is 12.9. The fraction of sp³-hybridized carbons (Fsp3) is 0. The second-order valence-electron chi connectivity index (χ2n) is 10.1. The van der Waals surface area contributed by atoms with Gasteiger partial charge in [-0.1, -0.05) is 97.1 Å². The Balaban J connectivity index is 1.24. The molecular weight excluding hydrogens is 458 g/mol. The lowest BCUT2D eigenvalue weighted by molar-refractivity contribution is 1.50. The third-order valence-electron chi connectivity index (χ3n) is 7.98. The van der Waals surface area contributed by atoms with Crippen molar-refractivity contribution in [1.82, 2.24) is 0 Å². The molecule has 0 bridgehead atoms. The molecule has 1 heteroatoms. The molecule has 0 aliphatic carbocycles. The minimum atomic E-state index is 0.691. The van der Waals surface area contributed by atoms with Crippen LogP contribution >= 0.6 is 0 Å². The summed E-state index contributed by atoms with van der Waals surface area (Å²) >= 11 is 0. The third-order valence-corrected chi connectivity index (χ3v) is 7.98. The van der Waals surface area contributed by atoms with E-state index in [2.05, 4.69) is 115 Å². The molecule has 0 unspecified atom stereocenters. The molecule has 0 aliphatic rings. The monoisotopic (exact) mass is 479 g/mol. The van der Waals surface area contributed by atoms with Crippen LogP contribution in [0.15, 0.2) is 127 Å². The third kappa shape index (κ3) is 3.11. The predicted octanol–water partition coefficient (Wildman–Crippen LogP) is 10.1. The molecule has 0 spiro atoms. The van der Waals surface area contributed by atoms with Crippen molar-refractivity contribution in [3.8, 4) is 28.3 Å². The fourth-order valence-corrected chi connectivity index (χ4v) is 6.07. The van der Waals surface area contributed by atoms with Gasteiger partial charge >= 0.3 is 0 Å². The first kappa shape index (κ1) is 20.9. The highest BCUT2D eigenvalue weighted by Crippen LogP contribution is 2.40. The molecule has 0 radical (unpaired) electrons. The average Bonchev–Trinajstić information content (AvgIpc) is 2.98. The number of hydrogen-bond donors (Lipinski definition) is 0. The van der Waals surface area contributed by atoms with Crippen LogP contribution in [0.4, 0.5) is 0 Å². The standard InChI is InChI=1S/C37H21N/c38-22-23-4-5-28-19-29(9-8-27(28)18-23)30-10-11-32-21-33(13-12-31(32)20-30)34-16-14-26-7-6-24-2-1-3-25-15-17-35(34)37(26)36(24)25/h1-21H. The molecule has 0 aliphatic heterocycles. The summed E-state index contributed by atoms with van der Waals surface area (Å²) < 4.78 is 0. The zero-order valence-corrected chi connectivity index (χ0v) is 20.6. The SMILES string of the molecule is N#Cc1ccc2cc(-c3ccc4cc(-c5ccc6ccc7cccc8ccc5c6c78)ccc4c3)ccc2c1. The summed E-state index contributed by atoms with van der Waals surface area (Å²) in [5.74, 6) is 0. The molecular formula is C37H21N. The van der Waals surface area contributed by atoms with Gasteiger partial charge in [-0.05, 0) is 106 Å². The minimum absolute atomic E-state index is 0.691. The number of nitrogens with zero attached hydrogens (tertiary/aromatic N) is 1. The smallest absolute Gasteiger partial charge is 0.0991 e. The second kappa shape index (κ2) is 7.90. The van der Waals surface area contributed by atoms with Gasteiger partial charge in [0.2, 0.25) is 0 Å². The van der Waals surface area contributed by atoms with Gasteiger partial charge < -0.3 is 0 Å². The molecule has 0 heterocycles. The Bertz CT molecular complexity index is 2230. The van der Waals surface area contributed by atoms with Crippen molar-refractivity contribution in [1.29, 1.82) is 5.26 Å². The van der Waals surface area contributed by atoms with Crippen LogP contribution in [0.25, 0.3) is 76.1 Å². The zero-order valence-electron chi connectivity index (χ0n) is 20.6. The number of benzene rings is 8. The normalized spacial score (nSPS) is 11.7. The van der Waals surface area contributed by atoms with Crippen LogP contribution in [0.1, 0.15) is 5.56 Å². The van der Waals surface area contributed by atoms with Gasteiger partial charge in [0.15, 0.2) is 0 Å². The van der Waals surface area contributed by atoms with Crippen molar-refractivity contribution in [3.63, 3.8) is 0 Å². The molecule has 0 fully saturated rings. The second-order valence-corrected chi connectivity index (χ2v) is 10.1. The van der Waals surface area contributed by atoms with E-state index < -0.39 is 0 Å².